The molecule has 2 aromatic rings. The second-order valence-electron chi connectivity index (χ2n) is 5.97. The van der Waals surface area contributed by atoms with E-state index in [2.05, 4.69) is 49.0 Å². The van der Waals surface area contributed by atoms with Crippen LogP contribution < -0.4 is 5.32 Å². The average Bonchev–Trinajstić information content (AvgIpc) is 2.78. The molecule has 0 unspecified atom stereocenters. The Hall–Kier alpha value is -0.960. The molecule has 4 heteroatoms. The molecular formula is C16H20Cl2N2. The highest BCUT2D eigenvalue weighted by molar-refractivity contribution is 6.33. The molecule has 0 saturated carbocycles. The standard InChI is InChI=1S/C16H20Cl2N2/c1-16(2,3)19-10-14-5-4-8-20(14)11-12-9-13(17)6-7-15(12)18/h4-9,19H,10-11H2,1-3H3. The van der Waals surface area contributed by atoms with Gasteiger partial charge in [0.1, 0.15) is 0 Å². The molecular weight excluding hydrogens is 291 g/mol. The van der Waals surface area contributed by atoms with Crippen molar-refractivity contribution in [2.75, 3.05) is 0 Å². The highest BCUT2D eigenvalue weighted by Crippen LogP contribution is 2.22. The molecule has 1 heterocycles. The fourth-order valence-electron chi connectivity index (χ4n) is 1.97. The molecule has 0 atom stereocenters. The van der Waals surface area contributed by atoms with E-state index >= 15 is 0 Å². The van der Waals surface area contributed by atoms with Crippen molar-refractivity contribution in [1.29, 1.82) is 0 Å². The van der Waals surface area contributed by atoms with Crippen LogP contribution in [0.2, 0.25) is 10.0 Å². The lowest BCUT2D eigenvalue weighted by molar-refractivity contribution is 0.417. The molecule has 0 spiro atoms. The van der Waals surface area contributed by atoms with E-state index in [1.54, 1.807) is 0 Å². The summed E-state index contributed by atoms with van der Waals surface area (Å²) in [4.78, 5) is 0. The summed E-state index contributed by atoms with van der Waals surface area (Å²) in [5.41, 5.74) is 2.37. The molecule has 0 saturated heterocycles. The fourth-order valence-corrected chi connectivity index (χ4v) is 2.34. The smallest absolute Gasteiger partial charge is 0.0488 e. The Kier molecular flexibility index (Phi) is 4.79. The number of hydrogen-bond acceptors (Lipinski definition) is 1. The molecule has 1 N–H and O–H groups in total. The Bertz CT molecular complexity index is 582. The molecule has 108 valence electrons. The van der Waals surface area contributed by atoms with Crippen molar-refractivity contribution in [3.8, 4) is 0 Å². The third kappa shape index (κ3) is 4.27. The zero-order chi connectivity index (χ0) is 14.8. The predicted octanol–water partition coefficient (Wildman–Crippen LogP) is 4.73. The Morgan fingerprint density at radius 1 is 1.15 bits per heavy atom. The number of nitrogens with one attached hydrogen (secondary N) is 1. The van der Waals surface area contributed by atoms with Gasteiger partial charge in [-0.05, 0) is 56.7 Å². The van der Waals surface area contributed by atoms with Gasteiger partial charge in [-0.2, -0.15) is 0 Å². The third-order valence-corrected chi connectivity index (χ3v) is 3.68. The van der Waals surface area contributed by atoms with Crippen molar-refractivity contribution < 1.29 is 0 Å². The average molecular weight is 311 g/mol. The van der Waals surface area contributed by atoms with Crippen LogP contribution in [0.25, 0.3) is 0 Å². The first-order valence-electron chi connectivity index (χ1n) is 6.68. The second-order valence-corrected chi connectivity index (χ2v) is 6.81. The predicted molar refractivity (Wildman–Crippen MR) is 86.6 cm³/mol. The largest absolute Gasteiger partial charge is 0.346 e. The first-order valence-corrected chi connectivity index (χ1v) is 7.44. The number of nitrogens with zero attached hydrogens (tertiary/aromatic N) is 1. The summed E-state index contributed by atoms with van der Waals surface area (Å²) in [6.45, 7) is 8.04. The maximum Gasteiger partial charge on any atom is 0.0488 e. The molecule has 0 aliphatic rings. The number of benzene rings is 1. The quantitative estimate of drug-likeness (QED) is 0.863. The number of halogens is 2. The number of aromatic nitrogens is 1. The molecule has 2 nitrogen and oxygen atoms in total. The van der Waals surface area contributed by atoms with Gasteiger partial charge in [-0.3, -0.25) is 0 Å². The van der Waals surface area contributed by atoms with Gasteiger partial charge in [0, 0.05) is 40.6 Å². The minimum Gasteiger partial charge on any atom is -0.346 e. The number of hydrogen-bond donors (Lipinski definition) is 1. The van der Waals surface area contributed by atoms with Gasteiger partial charge in [-0.25, -0.2) is 0 Å². The molecule has 0 bridgehead atoms. The summed E-state index contributed by atoms with van der Waals surface area (Å²) in [6, 6.07) is 9.75. The SMILES string of the molecule is CC(C)(C)NCc1cccn1Cc1cc(Cl)ccc1Cl. The van der Waals surface area contributed by atoms with Crippen LogP contribution >= 0.6 is 23.2 Å². The van der Waals surface area contributed by atoms with E-state index in [1.165, 1.54) is 5.69 Å². The summed E-state index contributed by atoms with van der Waals surface area (Å²) >= 11 is 12.3. The molecule has 2 rings (SSSR count). The summed E-state index contributed by atoms with van der Waals surface area (Å²) < 4.78 is 2.19. The Morgan fingerprint density at radius 3 is 2.60 bits per heavy atom. The Labute approximate surface area is 130 Å². The van der Waals surface area contributed by atoms with Gasteiger partial charge in [0.25, 0.3) is 0 Å². The van der Waals surface area contributed by atoms with Crippen LogP contribution in [0.15, 0.2) is 36.5 Å². The van der Waals surface area contributed by atoms with Crippen LogP contribution in [-0.4, -0.2) is 10.1 Å². The minimum atomic E-state index is 0.100. The molecule has 0 radical (unpaired) electrons. The van der Waals surface area contributed by atoms with E-state index in [4.69, 9.17) is 23.2 Å². The highest BCUT2D eigenvalue weighted by Gasteiger charge is 2.11. The van der Waals surface area contributed by atoms with Crippen LogP contribution in [0, 0.1) is 0 Å². The topological polar surface area (TPSA) is 17.0 Å². The minimum absolute atomic E-state index is 0.100. The lowest BCUT2D eigenvalue weighted by Gasteiger charge is -2.21. The molecule has 0 aliphatic heterocycles. The molecule has 1 aromatic carbocycles. The number of rotatable bonds is 4. The van der Waals surface area contributed by atoms with Crippen molar-refractivity contribution in [1.82, 2.24) is 9.88 Å². The van der Waals surface area contributed by atoms with Gasteiger partial charge >= 0.3 is 0 Å². The second kappa shape index (κ2) is 6.21. The zero-order valence-corrected chi connectivity index (χ0v) is 13.6. The third-order valence-electron chi connectivity index (χ3n) is 3.07. The molecule has 20 heavy (non-hydrogen) atoms. The molecule has 1 aromatic heterocycles. The summed E-state index contributed by atoms with van der Waals surface area (Å²) in [5.74, 6) is 0. The van der Waals surface area contributed by atoms with Crippen LogP contribution in [-0.2, 0) is 13.1 Å². The maximum atomic E-state index is 6.23. The maximum absolute atomic E-state index is 6.23. The van der Waals surface area contributed by atoms with Crippen LogP contribution in [0.5, 0.6) is 0 Å². The van der Waals surface area contributed by atoms with E-state index in [9.17, 15) is 0 Å². The van der Waals surface area contributed by atoms with Gasteiger partial charge in [0.05, 0.1) is 0 Å². The van der Waals surface area contributed by atoms with Gasteiger partial charge in [-0.15, -0.1) is 0 Å². The fraction of sp³-hybridized carbons (Fsp3) is 0.375. The van der Waals surface area contributed by atoms with E-state index in [1.807, 2.05) is 18.2 Å². The highest BCUT2D eigenvalue weighted by atomic mass is 35.5. The first kappa shape index (κ1) is 15.4. The van der Waals surface area contributed by atoms with Crippen molar-refractivity contribution >= 4 is 23.2 Å². The van der Waals surface area contributed by atoms with Crippen LogP contribution in [0.4, 0.5) is 0 Å². The molecule has 0 amide bonds. The lowest BCUT2D eigenvalue weighted by Crippen LogP contribution is -2.35. The summed E-state index contributed by atoms with van der Waals surface area (Å²) in [5, 5.41) is 4.96. The van der Waals surface area contributed by atoms with E-state index in [-0.39, 0.29) is 5.54 Å². The van der Waals surface area contributed by atoms with E-state index < -0.39 is 0 Å². The zero-order valence-electron chi connectivity index (χ0n) is 12.1. The van der Waals surface area contributed by atoms with Crippen molar-refractivity contribution in [3.05, 3.63) is 57.8 Å². The summed E-state index contributed by atoms with van der Waals surface area (Å²) in [6.07, 6.45) is 2.07. The van der Waals surface area contributed by atoms with Crippen molar-refractivity contribution in [3.63, 3.8) is 0 Å². The van der Waals surface area contributed by atoms with Crippen LogP contribution in [0.3, 0.4) is 0 Å². The lowest BCUT2D eigenvalue weighted by atomic mass is 10.1. The van der Waals surface area contributed by atoms with Crippen molar-refractivity contribution in [2.24, 2.45) is 0 Å². The van der Waals surface area contributed by atoms with E-state index in [0.29, 0.717) is 5.02 Å². The van der Waals surface area contributed by atoms with Crippen molar-refractivity contribution in [2.45, 2.75) is 39.4 Å². The Morgan fingerprint density at radius 2 is 1.90 bits per heavy atom. The van der Waals surface area contributed by atoms with Gasteiger partial charge in [0.15, 0.2) is 0 Å². The molecule has 0 aliphatic carbocycles. The summed E-state index contributed by atoms with van der Waals surface area (Å²) in [7, 11) is 0. The Balaban J connectivity index is 2.14. The van der Waals surface area contributed by atoms with Gasteiger partial charge < -0.3 is 9.88 Å². The molecule has 0 fully saturated rings. The first-order chi connectivity index (χ1) is 9.35. The van der Waals surface area contributed by atoms with Gasteiger partial charge in [-0.1, -0.05) is 23.2 Å². The van der Waals surface area contributed by atoms with E-state index in [0.717, 1.165) is 23.7 Å². The monoisotopic (exact) mass is 310 g/mol. The van der Waals surface area contributed by atoms with Crippen LogP contribution in [0.1, 0.15) is 32.0 Å². The normalized spacial score (nSPS) is 11.8. The van der Waals surface area contributed by atoms with Gasteiger partial charge in [0.2, 0.25) is 0 Å².